The highest BCUT2D eigenvalue weighted by molar-refractivity contribution is 7.85. The Balaban J connectivity index is 1.40. The second-order valence-corrected chi connectivity index (χ2v) is 14.1. The molecule has 196 valence electrons. The Labute approximate surface area is 205 Å². The highest BCUT2D eigenvalue weighted by atomic mass is 32.2. The first-order valence-electron chi connectivity index (χ1n) is 13.4. The topological polar surface area (TPSA) is 124 Å². The van der Waals surface area contributed by atoms with Crippen LogP contribution in [0.15, 0.2) is 0 Å². The summed E-state index contributed by atoms with van der Waals surface area (Å²) in [7, 11) is -4.07. The summed E-state index contributed by atoms with van der Waals surface area (Å²) in [6.45, 7) is 6.86. The van der Waals surface area contributed by atoms with Crippen molar-refractivity contribution in [1.82, 2.24) is 5.32 Å². The summed E-state index contributed by atoms with van der Waals surface area (Å²) >= 11 is 0. The second-order valence-electron chi connectivity index (χ2n) is 12.5. The van der Waals surface area contributed by atoms with Gasteiger partial charge >= 0.3 is 0 Å². The third-order valence-corrected chi connectivity index (χ3v) is 11.7. The maximum Gasteiger partial charge on any atom is 0.266 e. The van der Waals surface area contributed by atoms with Crippen molar-refractivity contribution in [3.05, 3.63) is 0 Å². The number of aliphatic hydroxyl groups excluding tert-OH is 2. The first-order chi connectivity index (χ1) is 15.9. The fraction of sp³-hybridized carbons (Fsp3) is 0.962. The van der Waals surface area contributed by atoms with Gasteiger partial charge < -0.3 is 15.5 Å². The summed E-state index contributed by atoms with van der Waals surface area (Å²) in [4.78, 5) is 12.2. The molecule has 0 aromatic heterocycles. The molecule has 4 rings (SSSR count). The molecule has 34 heavy (non-hydrogen) atoms. The lowest BCUT2D eigenvalue weighted by atomic mass is 9.43. The summed E-state index contributed by atoms with van der Waals surface area (Å²) in [5.41, 5.74) is 0.105. The number of carbonyl (C=O) groups excluding carboxylic acids is 1. The summed E-state index contributed by atoms with van der Waals surface area (Å²) in [5.74, 6) is 2.28. The lowest BCUT2D eigenvalue weighted by molar-refractivity contribution is -0.174. The van der Waals surface area contributed by atoms with E-state index in [2.05, 4.69) is 26.1 Å². The van der Waals surface area contributed by atoms with Gasteiger partial charge in [-0.15, -0.1) is 0 Å². The quantitative estimate of drug-likeness (QED) is 0.398. The zero-order chi connectivity index (χ0) is 24.9. The van der Waals surface area contributed by atoms with E-state index in [1.54, 1.807) is 0 Å². The van der Waals surface area contributed by atoms with E-state index in [0.29, 0.717) is 48.3 Å². The molecule has 4 aliphatic carbocycles. The molecule has 0 aromatic rings. The Kier molecular flexibility index (Phi) is 7.47. The minimum atomic E-state index is -4.07. The van der Waals surface area contributed by atoms with Gasteiger partial charge in [0.05, 0.1) is 18.0 Å². The third kappa shape index (κ3) is 4.81. The van der Waals surface area contributed by atoms with Crippen molar-refractivity contribution in [1.29, 1.82) is 0 Å². The van der Waals surface area contributed by atoms with Crippen molar-refractivity contribution in [3.8, 4) is 0 Å². The fourth-order valence-electron chi connectivity index (χ4n) is 9.13. The van der Waals surface area contributed by atoms with Gasteiger partial charge in [-0.3, -0.25) is 9.35 Å². The smallest absolute Gasteiger partial charge is 0.266 e. The van der Waals surface area contributed by atoms with Gasteiger partial charge in [0.2, 0.25) is 5.91 Å². The molecule has 1 amide bonds. The molecular weight excluding hydrogens is 454 g/mol. The van der Waals surface area contributed by atoms with Gasteiger partial charge in [-0.05, 0) is 104 Å². The van der Waals surface area contributed by atoms with Crippen molar-refractivity contribution < 1.29 is 28.0 Å². The van der Waals surface area contributed by atoms with Gasteiger partial charge in [0.15, 0.2) is 0 Å². The van der Waals surface area contributed by atoms with Crippen LogP contribution in [0.4, 0.5) is 0 Å². The minimum absolute atomic E-state index is 0.0756. The maximum absolute atomic E-state index is 12.2. The van der Waals surface area contributed by atoms with Crippen molar-refractivity contribution in [3.63, 3.8) is 0 Å². The molecule has 10 atom stereocenters. The van der Waals surface area contributed by atoms with Crippen LogP contribution >= 0.6 is 0 Å². The van der Waals surface area contributed by atoms with E-state index in [0.717, 1.165) is 38.5 Å². The van der Waals surface area contributed by atoms with Crippen LogP contribution in [0.25, 0.3) is 0 Å². The molecule has 0 radical (unpaired) electrons. The average molecular weight is 500 g/mol. The first-order valence-corrected chi connectivity index (χ1v) is 15.0. The Morgan fingerprint density at radius 2 is 1.79 bits per heavy atom. The number of amides is 1. The molecule has 4 N–H and O–H groups in total. The molecule has 8 heteroatoms. The van der Waals surface area contributed by atoms with Crippen molar-refractivity contribution in [2.24, 2.45) is 46.3 Å². The Morgan fingerprint density at radius 3 is 2.50 bits per heavy atom. The Hall–Kier alpha value is -0.700. The SMILES string of the molecule is C[C@@H](CCC(=O)NCCS(=O)(=O)O)[C@@H]1CC[C@@H]2[C@H]3CC[C@H]4C[C@@H](O)CC[C@]4(C)[C@@H]3C[C@@H](O)[C@]21C. The molecule has 0 aliphatic heterocycles. The minimum Gasteiger partial charge on any atom is -0.393 e. The standard InChI is InChI=1S/C26H45NO6S/c1-16(4-9-24(30)27-12-13-34(31,32)33)20-7-8-21-19-6-5-17-14-18(28)10-11-25(17,2)22(19)15-23(29)26(20,21)3/h16-23,28-29H,4-15H2,1-3H3,(H,27,30)(H,31,32,33)/t16-,17-,18-,19+,20-,21+,22+,23+,25-,26-/m0/s1. The number of hydrogen-bond donors (Lipinski definition) is 4. The van der Waals surface area contributed by atoms with Crippen LogP contribution in [-0.4, -0.2) is 53.6 Å². The molecule has 0 unspecified atom stereocenters. The zero-order valence-electron chi connectivity index (χ0n) is 21.1. The fourth-order valence-corrected chi connectivity index (χ4v) is 9.49. The molecule has 0 aromatic carbocycles. The molecule has 7 nitrogen and oxygen atoms in total. The molecular formula is C26H45NO6S. The molecule has 0 heterocycles. The van der Waals surface area contributed by atoms with E-state index in [1.165, 1.54) is 12.8 Å². The Morgan fingerprint density at radius 1 is 1.06 bits per heavy atom. The monoisotopic (exact) mass is 499 g/mol. The van der Waals surface area contributed by atoms with E-state index in [9.17, 15) is 23.4 Å². The van der Waals surface area contributed by atoms with Gasteiger partial charge in [-0.1, -0.05) is 20.8 Å². The number of carbonyl (C=O) groups is 1. The predicted octanol–water partition coefficient (Wildman–Crippen LogP) is 3.40. The number of rotatable bonds is 7. The van der Waals surface area contributed by atoms with Crippen LogP contribution < -0.4 is 5.32 Å². The number of nitrogens with one attached hydrogen (secondary N) is 1. The van der Waals surface area contributed by atoms with Crippen LogP contribution in [0.5, 0.6) is 0 Å². The van der Waals surface area contributed by atoms with Crippen LogP contribution in [0, 0.1) is 46.3 Å². The molecule has 0 spiro atoms. The summed E-state index contributed by atoms with van der Waals surface area (Å²) < 4.78 is 30.5. The lowest BCUT2D eigenvalue weighted by Crippen LogP contribution is -2.58. The zero-order valence-corrected chi connectivity index (χ0v) is 21.9. The van der Waals surface area contributed by atoms with E-state index in [1.807, 2.05) is 0 Å². The van der Waals surface area contributed by atoms with Crippen LogP contribution in [-0.2, 0) is 14.9 Å². The highest BCUT2D eigenvalue weighted by Gasteiger charge is 2.63. The van der Waals surface area contributed by atoms with Gasteiger partial charge in [0.25, 0.3) is 10.1 Å². The first kappa shape index (κ1) is 26.4. The van der Waals surface area contributed by atoms with Gasteiger partial charge in [-0.2, -0.15) is 8.42 Å². The van der Waals surface area contributed by atoms with E-state index in [-0.39, 0.29) is 35.5 Å². The van der Waals surface area contributed by atoms with Gasteiger partial charge in [-0.25, -0.2) is 0 Å². The van der Waals surface area contributed by atoms with Crippen LogP contribution in [0.2, 0.25) is 0 Å². The van der Waals surface area contributed by atoms with E-state index in [4.69, 9.17) is 4.55 Å². The molecule has 0 saturated heterocycles. The molecule has 4 saturated carbocycles. The predicted molar refractivity (Wildman–Crippen MR) is 130 cm³/mol. The normalized spacial score (nSPS) is 45.1. The maximum atomic E-state index is 12.2. The second kappa shape index (κ2) is 9.64. The van der Waals surface area contributed by atoms with Gasteiger partial charge in [0, 0.05) is 13.0 Å². The average Bonchev–Trinajstić information content (AvgIpc) is 3.11. The lowest BCUT2D eigenvalue weighted by Gasteiger charge is -2.62. The van der Waals surface area contributed by atoms with Gasteiger partial charge in [0.1, 0.15) is 0 Å². The molecule has 0 bridgehead atoms. The Bertz CT molecular complexity index is 863. The summed E-state index contributed by atoms with van der Waals surface area (Å²) in [5, 5.41) is 24.5. The third-order valence-electron chi connectivity index (χ3n) is 11.0. The van der Waals surface area contributed by atoms with Crippen molar-refractivity contribution >= 4 is 16.0 Å². The van der Waals surface area contributed by atoms with E-state index >= 15 is 0 Å². The summed E-state index contributed by atoms with van der Waals surface area (Å²) in [6, 6.07) is 0. The molecule has 4 fully saturated rings. The van der Waals surface area contributed by atoms with Crippen LogP contribution in [0.3, 0.4) is 0 Å². The van der Waals surface area contributed by atoms with Crippen molar-refractivity contribution in [2.75, 3.05) is 12.3 Å². The van der Waals surface area contributed by atoms with E-state index < -0.39 is 15.9 Å². The largest absolute Gasteiger partial charge is 0.393 e. The number of hydrogen-bond acceptors (Lipinski definition) is 5. The van der Waals surface area contributed by atoms with Crippen LogP contribution in [0.1, 0.15) is 85.0 Å². The molecule has 4 aliphatic rings. The highest BCUT2D eigenvalue weighted by Crippen LogP contribution is 2.68. The number of fused-ring (bicyclic) bond motifs is 5. The van der Waals surface area contributed by atoms with Crippen molar-refractivity contribution in [2.45, 2.75) is 97.2 Å². The summed E-state index contributed by atoms with van der Waals surface area (Å²) in [6.07, 6.45) is 8.93. The number of aliphatic hydroxyl groups is 2.